The Morgan fingerprint density at radius 3 is 1.69 bits per heavy atom. The first kappa shape index (κ1) is 55.6. The number of esters is 1. The van der Waals surface area contributed by atoms with Gasteiger partial charge < -0.3 is 124 Å². The number of hydrogen-bond donors (Lipinski definition) is 15. The van der Waals surface area contributed by atoms with Crippen molar-refractivity contribution >= 4 is 23.0 Å². The highest BCUT2D eigenvalue weighted by Crippen LogP contribution is 2.40. The molecule has 0 spiro atoms. The highest BCUT2D eigenvalue weighted by molar-refractivity contribution is 5.88. The number of phenols is 3. The zero-order chi connectivity index (χ0) is 54.2. The largest absolute Gasteiger partial charge is 0.508 e. The number of carbonyl (C=O) groups is 1. The second kappa shape index (κ2) is 23.3. The summed E-state index contributed by atoms with van der Waals surface area (Å²) in [5.41, 5.74) is -1.05. The van der Waals surface area contributed by atoms with Gasteiger partial charge in [0.05, 0.1) is 19.3 Å². The van der Waals surface area contributed by atoms with Crippen LogP contribution in [0.4, 0.5) is 0 Å². The molecule has 75 heavy (non-hydrogen) atoms. The summed E-state index contributed by atoms with van der Waals surface area (Å²) in [5, 5.41) is 159. The molecule has 5 heterocycles. The Balaban J connectivity index is 1.14. The van der Waals surface area contributed by atoms with Crippen molar-refractivity contribution in [2.75, 3.05) is 19.8 Å². The van der Waals surface area contributed by atoms with Gasteiger partial charge in [-0.1, -0.05) is 12.1 Å². The summed E-state index contributed by atoms with van der Waals surface area (Å²) >= 11 is 0. The first-order chi connectivity index (χ1) is 35.7. The second-order valence-electron chi connectivity index (χ2n) is 18.1. The number of ether oxygens (including phenoxy) is 9. The van der Waals surface area contributed by atoms with E-state index in [2.05, 4.69) is 0 Å². The van der Waals surface area contributed by atoms with Crippen LogP contribution in [0.25, 0.3) is 28.4 Å². The number of hydrogen-bond acceptors (Lipinski definition) is 27. The Kier molecular flexibility index (Phi) is 17.3. The summed E-state index contributed by atoms with van der Waals surface area (Å²) in [6.45, 7) is -1.19. The molecule has 0 radical (unpaired) electrons. The van der Waals surface area contributed by atoms with Gasteiger partial charge in [-0.05, 0) is 55.0 Å². The molecule has 0 unspecified atom stereocenters. The van der Waals surface area contributed by atoms with E-state index in [4.69, 9.17) is 47.0 Å². The Morgan fingerprint density at radius 1 is 0.587 bits per heavy atom. The van der Waals surface area contributed by atoms with E-state index < -0.39 is 182 Å². The van der Waals surface area contributed by atoms with E-state index >= 15 is 0 Å². The van der Waals surface area contributed by atoms with Crippen LogP contribution in [0, 0.1) is 0 Å². The highest BCUT2D eigenvalue weighted by atomic mass is 16.8. The van der Waals surface area contributed by atoms with Crippen LogP contribution in [-0.4, -0.2) is 225 Å². The molecule has 3 aromatic carbocycles. The number of benzene rings is 3. The quantitative estimate of drug-likeness (QED) is 0.0397. The maximum absolute atomic E-state index is 14.8. The van der Waals surface area contributed by atoms with E-state index in [1.54, 1.807) is 0 Å². The van der Waals surface area contributed by atoms with E-state index in [9.17, 15) is 86.2 Å². The molecule has 4 aliphatic rings. The number of fused-ring (bicyclic) bond motifs is 1. The topological polar surface area (TPSA) is 434 Å². The molecule has 27 heteroatoms. The van der Waals surface area contributed by atoms with Crippen LogP contribution in [0.5, 0.6) is 28.7 Å². The van der Waals surface area contributed by atoms with Gasteiger partial charge in [0.25, 0.3) is 0 Å². The molecule has 4 saturated heterocycles. The fourth-order valence-corrected chi connectivity index (χ4v) is 8.65. The highest BCUT2D eigenvalue weighted by Gasteiger charge is 2.55. The SMILES string of the molecule is C[C@@H]1O[C@@H](Oc2c(-c3ccc(O)cc3)oc3cc(O[C@@H]4O[C@H](CO)[C@@H](O)[C@H](O)[C@H]4O)cc(O)c3c2=O)[C@H](O[C@@H]2O[C@H](CO)[C@@H](O)[C@H](O)[C@H]2O)[C@H](O[C@@H]2O[C@H](COC(=O)/C=C/c3ccc(O)cc3)[C@@H](O)[C@H](O)[C@H]2O)[C@H]1O. The zero-order valence-electron chi connectivity index (χ0n) is 39.2. The van der Waals surface area contributed by atoms with E-state index in [-0.39, 0.29) is 22.8 Å². The van der Waals surface area contributed by atoms with Gasteiger partial charge in [0, 0.05) is 23.8 Å². The lowest BCUT2D eigenvalue weighted by Crippen LogP contribution is -2.67. The number of aliphatic hydroxyl groups is 12. The van der Waals surface area contributed by atoms with Crippen molar-refractivity contribution in [3.63, 3.8) is 0 Å². The van der Waals surface area contributed by atoms with Gasteiger partial charge in [0.15, 0.2) is 24.4 Å². The molecular weight excluding hydrogens is 1010 g/mol. The predicted octanol–water partition coefficient (Wildman–Crippen LogP) is -4.13. The van der Waals surface area contributed by atoms with Crippen LogP contribution in [0.15, 0.2) is 76.0 Å². The lowest BCUT2D eigenvalue weighted by molar-refractivity contribution is -0.382. The Labute approximate surface area is 422 Å². The van der Waals surface area contributed by atoms with Crippen LogP contribution in [0.3, 0.4) is 0 Å². The summed E-state index contributed by atoms with van der Waals surface area (Å²) in [7, 11) is 0. The van der Waals surface area contributed by atoms with Gasteiger partial charge in [-0.3, -0.25) is 4.79 Å². The average molecular weight is 1060 g/mol. The molecule has 0 aliphatic carbocycles. The third-order valence-electron chi connectivity index (χ3n) is 12.9. The first-order valence-electron chi connectivity index (χ1n) is 23.2. The maximum Gasteiger partial charge on any atom is 0.330 e. The molecule has 8 rings (SSSR count). The smallest absolute Gasteiger partial charge is 0.330 e. The molecule has 0 bridgehead atoms. The van der Waals surface area contributed by atoms with Crippen molar-refractivity contribution in [2.45, 2.75) is 130 Å². The molecule has 4 aliphatic heterocycles. The number of phenolic OH excluding ortho intramolecular Hbond substituents is 3. The number of carbonyl (C=O) groups excluding carboxylic acids is 1. The fourth-order valence-electron chi connectivity index (χ4n) is 8.65. The monoisotopic (exact) mass is 1060 g/mol. The molecule has 15 N–H and O–H groups in total. The van der Waals surface area contributed by atoms with Gasteiger partial charge in [-0.2, -0.15) is 0 Å². The molecule has 20 atom stereocenters. The molecule has 410 valence electrons. The molecule has 0 saturated carbocycles. The Bertz CT molecular complexity index is 2660. The van der Waals surface area contributed by atoms with E-state index in [0.29, 0.717) is 5.56 Å². The standard InChI is InChI=1S/C48H56O27/c1-17-30(55)42(73-47-40(65)37(62)33(58)27(72-47)16-66-28(54)11-4-18-2-7-20(51)8-3-18)44(75-46-39(64)36(61)32(57)26(15-50)71-46)48(67-17)74-43-34(59)29-23(53)12-22(68-45-38(63)35(60)31(56)25(14-49)70-45)13-24(29)69-41(43)19-5-9-21(52)10-6-19/h2-13,17,25-27,30-33,35-40,42,44-53,55-58,60-65H,14-16H2,1H3/b11-4+/t17-,25+,26+,27+,30-,31+,32+,33+,35-,36-,37-,38+,39+,40+,42+,44+,45+,46-,47-,48-/m0/s1. The van der Waals surface area contributed by atoms with Gasteiger partial charge in [-0.15, -0.1) is 0 Å². The van der Waals surface area contributed by atoms with E-state index in [0.717, 1.165) is 18.2 Å². The summed E-state index contributed by atoms with van der Waals surface area (Å²) in [5.74, 6) is -3.62. The molecular formula is C48H56O27. The van der Waals surface area contributed by atoms with E-state index in [1.165, 1.54) is 61.5 Å². The third kappa shape index (κ3) is 11.7. The van der Waals surface area contributed by atoms with Crippen molar-refractivity contribution in [3.8, 4) is 40.1 Å². The lowest BCUT2D eigenvalue weighted by Gasteiger charge is -2.48. The fraction of sp³-hybridized carbons (Fsp3) is 0.500. The van der Waals surface area contributed by atoms with Crippen molar-refractivity contribution in [1.29, 1.82) is 0 Å². The van der Waals surface area contributed by atoms with Gasteiger partial charge in [0.1, 0.15) is 126 Å². The van der Waals surface area contributed by atoms with Crippen LogP contribution in [-0.2, 0) is 38.0 Å². The summed E-state index contributed by atoms with van der Waals surface area (Å²) in [4.78, 5) is 27.4. The predicted molar refractivity (Wildman–Crippen MR) is 245 cm³/mol. The molecule has 0 amide bonds. The molecule has 4 aromatic rings. The Hall–Kier alpha value is -5.64. The number of aliphatic hydroxyl groups excluding tert-OH is 12. The van der Waals surface area contributed by atoms with Gasteiger partial charge in [-0.25, -0.2) is 4.79 Å². The van der Waals surface area contributed by atoms with Crippen molar-refractivity contribution < 1.29 is 128 Å². The van der Waals surface area contributed by atoms with Crippen molar-refractivity contribution in [2.24, 2.45) is 0 Å². The summed E-state index contributed by atoms with van der Waals surface area (Å²) < 4.78 is 58.4. The average Bonchev–Trinajstić information content (AvgIpc) is 3.39. The third-order valence-corrected chi connectivity index (χ3v) is 12.9. The van der Waals surface area contributed by atoms with Crippen LogP contribution in [0.1, 0.15) is 12.5 Å². The van der Waals surface area contributed by atoms with Crippen molar-refractivity contribution in [1.82, 2.24) is 0 Å². The van der Waals surface area contributed by atoms with Gasteiger partial charge >= 0.3 is 5.97 Å². The zero-order valence-corrected chi connectivity index (χ0v) is 39.2. The van der Waals surface area contributed by atoms with Crippen molar-refractivity contribution in [3.05, 3.63) is 82.5 Å². The normalized spacial score (nSPS) is 36.3. The number of rotatable bonds is 15. The minimum Gasteiger partial charge on any atom is -0.508 e. The maximum atomic E-state index is 14.8. The second-order valence-corrected chi connectivity index (χ2v) is 18.1. The number of aromatic hydroxyl groups is 3. The summed E-state index contributed by atoms with van der Waals surface area (Å²) in [6.07, 6.45) is -35.1. The molecule has 1 aromatic heterocycles. The van der Waals surface area contributed by atoms with E-state index in [1.807, 2.05) is 0 Å². The summed E-state index contributed by atoms with van der Waals surface area (Å²) in [6, 6.07) is 12.7. The van der Waals surface area contributed by atoms with Crippen LogP contribution >= 0.6 is 0 Å². The minimum atomic E-state index is -2.13. The minimum absolute atomic E-state index is 0.0125. The molecule has 4 fully saturated rings. The van der Waals surface area contributed by atoms with Gasteiger partial charge in [0.2, 0.25) is 23.8 Å². The van der Waals surface area contributed by atoms with Crippen LogP contribution in [0.2, 0.25) is 0 Å². The Morgan fingerprint density at radius 2 is 1.11 bits per heavy atom. The van der Waals surface area contributed by atoms with Crippen LogP contribution < -0.4 is 14.9 Å². The lowest BCUT2D eigenvalue weighted by atomic mass is 9.96. The molecule has 27 nitrogen and oxygen atoms in total. The first-order valence-corrected chi connectivity index (χ1v) is 23.2.